The Morgan fingerprint density at radius 2 is 2.06 bits per heavy atom. The molecule has 0 amide bonds. The first-order valence-corrected chi connectivity index (χ1v) is 6.43. The zero-order valence-corrected chi connectivity index (χ0v) is 10.4. The third kappa shape index (κ3) is 4.49. The predicted molar refractivity (Wildman–Crippen MR) is 64.8 cm³/mol. The van der Waals surface area contributed by atoms with Gasteiger partial charge in [-0.1, -0.05) is 6.92 Å². The molecule has 90 valence electrons. The Morgan fingerprint density at radius 1 is 1.31 bits per heavy atom. The van der Waals surface area contributed by atoms with Gasteiger partial charge in [-0.05, 0) is 43.8 Å². The molecule has 1 aromatic carbocycles. The molecule has 16 heavy (non-hydrogen) atoms. The summed E-state index contributed by atoms with van der Waals surface area (Å²) in [5.74, 6) is -0.658. The van der Waals surface area contributed by atoms with E-state index in [-0.39, 0.29) is 0 Å². The summed E-state index contributed by atoms with van der Waals surface area (Å²) < 4.78 is 25.5. The van der Waals surface area contributed by atoms with Gasteiger partial charge in [0.1, 0.15) is 0 Å². The number of rotatable bonds is 6. The van der Waals surface area contributed by atoms with Crippen LogP contribution < -0.4 is 5.32 Å². The van der Waals surface area contributed by atoms with E-state index in [1.807, 2.05) is 0 Å². The van der Waals surface area contributed by atoms with E-state index in [4.69, 9.17) is 0 Å². The first-order valence-electron chi connectivity index (χ1n) is 5.44. The quantitative estimate of drug-likeness (QED) is 0.770. The van der Waals surface area contributed by atoms with E-state index in [0.29, 0.717) is 6.04 Å². The topological polar surface area (TPSA) is 12.0 Å². The average molecular weight is 245 g/mol. The van der Waals surface area contributed by atoms with E-state index in [0.717, 1.165) is 23.6 Å². The Balaban J connectivity index is 2.34. The Labute approximate surface area is 99.6 Å². The first-order chi connectivity index (χ1) is 7.63. The molecule has 0 radical (unpaired) electrons. The number of benzene rings is 1. The lowest BCUT2D eigenvalue weighted by Crippen LogP contribution is -2.25. The summed E-state index contributed by atoms with van der Waals surface area (Å²) in [6.45, 7) is 5.14. The van der Waals surface area contributed by atoms with Gasteiger partial charge in [-0.3, -0.25) is 0 Å². The standard InChI is InChI=1S/C12H17F2NS/c1-3-15-9(2)6-7-16-10-4-5-11(13)12(14)8-10/h4-5,8-9,15H,3,6-7H2,1-2H3. The van der Waals surface area contributed by atoms with Crippen molar-refractivity contribution in [2.24, 2.45) is 0 Å². The van der Waals surface area contributed by atoms with E-state index >= 15 is 0 Å². The van der Waals surface area contributed by atoms with Gasteiger partial charge in [0.25, 0.3) is 0 Å². The Bertz CT molecular complexity index is 331. The minimum atomic E-state index is -0.787. The maximum Gasteiger partial charge on any atom is 0.159 e. The maximum absolute atomic E-state index is 12.9. The highest BCUT2D eigenvalue weighted by molar-refractivity contribution is 7.99. The number of halogens is 2. The SMILES string of the molecule is CCNC(C)CCSc1ccc(F)c(F)c1. The van der Waals surface area contributed by atoms with Crippen LogP contribution in [-0.4, -0.2) is 18.3 Å². The minimum Gasteiger partial charge on any atom is -0.315 e. The van der Waals surface area contributed by atoms with Crippen molar-refractivity contribution in [3.05, 3.63) is 29.8 Å². The number of hydrogen-bond acceptors (Lipinski definition) is 2. The molecule has 0 spiro atoms. The second kappa shape index (κ2) is 6.86. The van der Waals surface area contributed by atoms with Crippen LogP contribution in [0.25, 0.3) is 0 Å². The number of nitrogens with one attached hydrogen (secondary N) is 1. The van der Waals surface area contributed by atoms with Crippen LogP contribution in [0.2, 0.25) is 0 Å². The van der Waals surface area contributed by atoms with E-state index in [1.165, 1.54) is 12.1 Å². The summed E-state index contributed by atoms with van der Waals surface area (Å²) in [4.78, 5) is 0.780. The molecule has 0 saturated heterocycles. The highest BCUT2D eigenvalue weighted by atomic mass is 32.2. The van der Waals surface area contributed by atoms with Crippen LogP contribution in [0.4, 0.5) is 8.78 Å². The molecular weight excluding hydrogens is 228 g/mol. The smallest absolute Gasteiger partial charge is 0.159 e. The number of hydrogen-bond donors (Lipinski definition) is 1. The van der Waals surface area contributed by atoms with Crippen molar-refractivity contribution < 1.29 is 8.78 Å². The van der Waals surface area contributed by atoms with Crippen molar-refractivity contribution in [2.75, 3.05) is 12.3 Å². The third-order valence-electron chi connectivity index (χ3n) is 2.26. The molecule has 0 saturated carbocycles. The molecule has 1 aromatic rings. The van der Waals surface area contributed by atoms with Crippen molar-refractivity contribution in [3.63, 3.8) is 0 Å². The summed E-state index contributed by atoms with van der Waals surface area (Å²) in [7, 11) is 0. The number of thioether (sulfide) groups is 1. The Morgan fingerprint density at radius 3 is 2.69 bits per heavy atom. The molecule has 1 nitrogen and oxygen atoms in total. The highest BCUT2D eigenvalue weighted by Gasteiger charge is 2.04. The molecule has 0 bridgehead atoms. The molecular formula is C12H17F2NS. The van der Waals surface area contributed by atoms with Crippen molar-refractivity contribution in [3.8, 4) is 0 Å². The van der Waals surface area contributed by atoms with Gasteiger partial charge < -0.3 is 5.32 Å². The van der Waals surface area contributed by atoms with Gasteiger partial charge in [0.15, 0.2) is 11.6 Å². The second-order valence-electron chi connectivity index (χ2n) is 3.67. The molecule has 1 unspecified atom stereocenters. The van der Waals surface area contributed by atoms with Crippen LogP contribution >= 0.6 is 11.8 Å². The van der Waals surface area contributed by atoms with Crippen molar-refractivity contribution in [2.45, 2.75) is 31.2 Å². The summed E-state index contributed by atoms with van der Waals surface area (Å²) in [6.07, 6.45) is 1.01. The second-order valence-corrected chi connectivity index (χ2v) is 4.84. The van der Waals surface area contributed by atoms with E-state index < -0.39 is 11.6 Å². The van der Waals surface area contributed by atoms with Crippen molar-refractivity contribution >= 4 is 11.8 Å². The minimum absolute atomic E-state index is 0.461. The van der Waals surface area contributed by atoms with Gasteiger partial charge in [-0.2, -0.15) is 0 Å². The van der Waals surface area contributed by atoms with Crippen LogP contribution in [0.15, 0.2) is 23.1 Å². The molecule has 0 aliphatic heterocycles. The molecule has 1 N–H and O–H groups in total. The molecule has 0 aromatic heterocycles. The fourth-order valence-electron chi connectivity index (χ4n) is 1.37. The lowest BCUT2D eigenvalue weighted by Gasteiger charge is -2.11. The molecule has 4 heteroatoms. The fourth-order valence-corrected chi connectivity index (χ4v) is 2.43. The Kier molecular flexibility index (Phi) is 5.77. The van der Waals surface area contributed by atoms with Gasteiger partial charge in [-0.25, -0.2) is 8.78 Å². The molecule has 1 atom stereocenters. The third-order valence-corrected chi connectivity index (χ3v) is 3.29. The maximum atomic E-state index is 12.9. The van der Waals surface area contributed by atoms with Crippen LogP contribution in [0, 0.1) is 11.6 Å². The highest BCUT2D eigenvalue weighted by Crippen LogP contribution is 2.21. The lowest BCUT2D eigenvalue weighted by atomic mass is 10.3. The summed E-state index contributed by atoms with van der Waals surface area (Å²) in [5, 5.41) is 3.30. The Hall–Kier alpha value is -0.610. The van der Waals surface area contributed by atoms with Crippen molar-refractivity contribution in [1.29, 1.82) is 0 Å². The normalized spacial score (nSPS) is 12.8. The molecule has 0 aliphatic carbocycles. The van der Waals surface area contributed by atoms with E-state index in [9.17, 15) is 8.78 Å². The lowest BCUT2D eigenvalue weighted by molar-refractivity contribution is 0.506. The molecule has 0 aliphatic rings. The van der Waals surface area contributed by atoms with E-state index in [2.05, 4.69) is 19.2 Å². The zero-order valence-electron chi connectivity index (χ0n) is 9.59. The average Bonchev–Trinajstić information content (AvgIpc) is 2.24. The first kappa shape index (κ1) is 13.5. The summed E-state index contributed by atoms with van der Waals surface area (Å²) >= 11 is 1.55. The van der Waals surface area contributed by atoms with Crippen molar-refractivity contribution in [1.82, 2.24) is 5.32 Å². The monoisotopic (exact) mass is 245 g/mol. The summed E-state index contributed by atoms with van der Waals surface area (Å²) in [6, 6.07) is 4.49. The van der Waals surface area contributed by atoms with Gasteiger partial charge in [0.2, 0.25) is 0 Å². The zero-order chi connectivity index (χ0) is 12.0. The van der Waals surface area contributed by atoms with Gasteiger partial charge in [0, 0.05) is 10.9 Å². The van der Waals surface area contributed by atoms with Gasteiger partial charge in [-0.15, -0.1) is 11.8 Å². The largest absolute Gasteiger partial charge is 0.315 e. The summed E-state index contributed by atoms with van der Waals surface area (Å²) in [5.41, 5.74) is 0. The fraction of sp³-hybridized carbons (Fsp3) is 0.500. The van der Waals surface area contributed by atoms with Crippen LogP contribution in [0.5, 0.6) is 0 Å². The molecule has 0 fully saturated rings. The van der Waals surface area contributed by atoms with Gasteiger partial charge in [0.05, 0.1) is 0 Å². The predicted octanol–water partition coefficient (Wildman–Crippen LogP) is 3.45. The molecule has 0 heterocycles. The van der Waals surface area contributed by atoms with Crippen LogP contribution in [0.3, 0.4) is 0 Å². The van der Waals surface area contributed by atoms with Gasteiger partial charge >= 0.3 is 0 Å². The van der Waals surface area contributed by atoms with Crippen LogP contribution in [0.1, 0.15) is 20.3 Å². The van der Waals surface area contributed by atoms with Crippen LogP contribution in [-0.2, 0) is 0 Å². The molecule has 1 rings (SSSR count). The van der Waals surface area contributed by atoms with E-state index in [1.54, 1.807) is 17.8 Å².